The maximum atomic E-state index is 12.2. The van der Waals surface area contributed by atoms with E-state index >= 15 is 0 Å². The summed E-state index contributed by atoms with van der Waals surface area (Å²) in [6, 6.07) is 9.74. The largest absolute Gasteiger partial charge is 0.444 e. The Hall–Kier alpha value is -1.63. The zero-order valence-electron chi connectivity index (χ0n) is 16.0. The third kappa shape index (κ3) is 7.72. The van der Waals surface area contributed by atoms with Crippen LogP contribution in [0, 0.1) is 0 Å². The van der Waals surface area contributed by atoms with Crippen LogP contribution in [0.3, 0.4) is 0 Å². The molecule has 0 aromatic heterocycles. The summed E-state index contributed by atoms with van der Waals surface area (Å²) < 4.78 is 10.7. The van der Waals surface area contributed by atoms with Gasteiger partial charge in [0.2, 0.25) is 0 Å². The number of amides is 1. The van der Waals surface area contributed by atoms with Crippen molar-refractivity contribution in [2.45, 2.75) is 63.8 Å². The van der Waals surface area contributed by atoms with Crippen molar-refractivity contribution in [1.82, 2.24) is 10.6 Å². The van der Waals surface area contributed by atoms with E-state index in [0.29, 0.717) is 19.0 Å². The van der Waals surface area contributed by atoms with Gasteiger partial charge in [0.25, 0.3) is 0 Å². The summed E-state index contributed by atoms with van der Waals surface area (Å²) in [6.07, 6.45) is 1.19. The van der Waals surface area contributed by atoms with Crippen molar-refractivity contribution in [3.63, 3.8) is 0 Å². The molecule has 2 rings (SSSR count). The Kier molecular flexibility index (Phi) is 7.87. The van der Waals surface area contributed by atoms with E-state index in [1.54, 1.807) is 0 Å². The third-order valence-corrected chi connectivity index (χ3v) is 4.30. The van der Waals surface area contributed by atoms with E-state index < -0.39 is 23.8 Å². The maximum absolute atomic E-state index is 12.2. The fourth-order valence-electron chi connectivity index (χ4n) is 2.94. The number of nitrogens with one attached hydrogen (secondary N) is 2. The number of rotatable bonds is 7. The van der Waals surface area contributed by atoms with Crippen molar-refractivity contribution in [3.05, 3.63) is 35.9 Å². The molecule has 0 aliphatic carbocycles. The summed E-state index contributed by atoms with van der Waals surface area (Å²) in [4.78, 5) is 12.2. The fraction of sp³-hybridized carbons (Fsp3) is 0.650. The average molecular weight is 364 g/mol. The molecule has 1 saturated heterocycles. The van der Waals surface area contributed by atoms with Crippen LogP contribution in [0.25, 0.3) is 0 Å². The topological polar surface area (TPSA) is 79.8 Å². The van der Waals surface area contributed by atoms with Crippen LogP contribution >= 0.6 is 0 Å². The standard InChI is InChI=1S/C20H32N2O4/c1-20(2,3)26-19(24)22-17(13-15-7-5-4-6-8-15)18(23)14-21-16-9-11-25-12-10-16/h4-8,16-18,21,23H,9-14H2,1-3H3,(H,22,24)/t17-,18-/m0/s1. The Morgan fingerprint density at radius 1 is 1.27 bits per heavy atom. The van der Waals surface area contributed by atoms with Crippen molar-refractivity contribution in [1.29, 1.82) is 0 Å². The Balaban J connectivity index is 1.95. The van der Waals surface area contributed by atoms with Crippen LogP contribution in [0.4, 0.5) is 4.79 Å². The number of benzene rings is 1. The van der Waals surface area contributed by atoms with Crippen molar-refractivity contribution in [3.8, 4) is 0 Å². The van der Waals surface area contributed by atoms with Gasteiger partial charge in [0.15, 0.2) is 0 Å². The predicted molar refractivity (Wildman–Crippen MR) is 101 cm³/mol. The Bertz CT molecular complexity index is 538. The van der Waals surface area contributed by atoms with E-state index in [0.717, 1.165) is 31.6 Å². The van der Waals surface area contributed by atoms with Gasteiger partial charge in [-0.3, -0.25) is 0 Å². The lowest BCUT2D eigenvalue weighted by Crippen LogP contribution is -2.51. The third-order valence-electron chi connectivity index (χ3n) is 4.30. The highest BCUT2D eigenvalue weighted by Crippen LogP contribution is 2.11. The van der Waals surface area contributed by atoms with E-state index in [1.165, 1.54) is 0 Å². The molecule has 1 fully saturated rings. The summed E-state index contributed by atoms with van der Waals surface area (Å²) in [7, 11) is 0. The molecule has 26 heavy (non-hydrogen) atoms. The molecule has 1 amide bonds. The predicted octanol–water partition coefficient (Wildman–Crippen LogP) is 2.25. The van der Waals surface area contributed by atoms with Gasteiger partial charge < -0.3 is 25.2 Å². The quantitative estimate of drug-likeness (QED) is 0.692. The van der Waals surface area contributed by atoms with Gasteiger partial charge in [-0.05, 0) is 45.6 Å². The van der Waals surface area contributed by atoms with Crippen molar-refractivity contribution < 1.29 is 19.4 Å². The van der Waals surface area contributed by atoms with E-state index in [2.05, 4.69) is 10.6 Å². The van der Waals surface area contributed by atoms with Gasteiger partial charge in [0.05, 0.1) is 12.1 Å². The summed E-state index contributed by atoms with van der Waals surface area (Å²) in [5.74, 6) is 0. The summed E-state index contributed by atoms with van der Waals surface area (Å²) in [5, 5.41) is 16.9. The molecule has 1 aromatic rings. The molecular formula is C20H32N2O4. The fourth-order valence-corrected chi connectivity index (χ4v) is 2.94. The zero-order chi connectivity index (χ0) is 19.0. The Morgan fingerprint density at radius 2 is 1.92 bits per heavy atom. The van der Waals surface area contributed by atoms with Crippen LogP contribution in [0.1, 0.15) is 39.2 Å². The molecule has 1 aromatic carbocycles. The van der Waals surface area contributed by atoms with Crippen molar-refractivity contribution in [2.24, 2.45) is 0 Å². The van der Waals surface area contributed by atoms with Gasteiger partial charge in [0.1, 0.15) is 5.60 Å². The molecule has 1 heterocycles. The molecule has 1 aliphatic rings. The summed E-state index contributed by atoms with van der Waals surface area (Å²) >= 11 is 0. The summed E-state index contributed by atoms with van der Waals surface area (Å²) in [5.41, 5.74) is 0.478. The lowest BCUT2D eigenvalue weighted by molar-refractivity contribution is 0.0404. The molecule has 0 spiro atoms. The van der Waals surface area contributed by atoms with Gasteiger partial charge >= 0.3 is 6.09 Å². The van der Waals surface area contributed by atoms with E-state index in [1.807, 2.05) is 51.1 Å². The molecule has 0 radical (unpaired) electrons. The summed E-state index contributed by atoms with van der Waals surface area (Å²) in [6.45, 7) is 7.37. The number of ether oxygens (including phenoxy) is 2. The molecule has 0 saturated carbocycles. The van der Waals surface area contributed by atoms with Gasteiger partial charge in [0, 0.05) is 25.8 Å². The highest BCUT2D eigenvalue weighted by atomic mass is 16.6. The molecule has 0 bridgehead atoms. The number of aliphatic hydroxyl groups is 1. The molecule has 6 heteroatoms. The first kappa shape index (κ1) is 20.7. The Labute approximate surface area is 156 Å². The smallest absolute Gasteiger partial charge is 0.407 e. The SMILES string of the molecule is CC(C)(C)OC(=O)N[C@@H](Cc1ccccc1)[C@@H](O)CNC1CCOCC1. The monoisotopic (exact) mass is 364 g/mol. The highest BCUT2D eigenvalue weighted by molar-refractivity contribution is 5.68. The highest BCUT2D eigenvalue weighted by Gasteiger charge is 2.26. The number of carbonyl (C=O) groups is 1. The van der Waals surface area contributed by atoms with Crippen LogP contribution in [-0.2, 0) is 15.9 Å². The molecule has 0 unspecified atom stereocenters. The van der Waals surface area contributed by atoms with Crippen LogP contribution in [0.2, 0.25) is 0 Å². The Morgan fingerprint density at radius 3 is 2.54 bits per heavy atom. The number of hydrogen-bond donors (Lipinski definition) is 3. The zero-order valence-corrected chi connectivity index (χ0v) is 16.0. The normalized spacial score (nSPS) is 18.2. The second kappa shape index (κ2) is 9.90. The molecule has 1 aliphatic heterocycles. The minimum Gasteiger partial charge on any atom is -0.444 e. The van der Waals surface area contributed by atoms with Gasteiger partial charge in [-0.15, -0.1) is 0 Å². The van der Waals surface area contributed by atoms with E-state index in [-0.39, 0.29) is 0 Å². The van der Waals surface area contributed by atoms with Gasteiger partial charge in [-0.1, -0.05) is 30.3 Å². The lowest BCUT2D eigenvalue weighted by atomic mass is 10.0. The van der Waals surface area contributed by atoms with Gasteiger partial charge in [-0.2, -0.15) is 0 Å². The number of carbonyl (C=O) groups excluding carboxylic acids is 1. The minimum absolute atomic E-state index is 0.345. The van der Waals surface area contributed by atoms with Crippen LogP contribution in [0.15, 0.2) is 30.3 Å². The lowest BCUT2D eigenvalue weighted by Gasteiger charge is -2.29. The second-order valence-corrected chi connectivity index (χ2v) is 7.80. The van der Waals surface area contributed by atoms with Crippen molar-refractivity contribution >= 4 is 6.09 Å². The van der Waals surface area contributed by atoms with Crippen LogP contribution in [0.5, 0.6) is 0 Å². The van der Waals surface area contributed by atoms with E-state index in [4.69, 9.17) is 9.47 Å². The molecular weight excluding hydrogens is 332 g/mol. The first-order chi connectivity index (χ1) is 12.3. The molecule has 146 valence electrons. The molecule has 6 nitrogen and oxygen atoms in total. The number of hydrogen-bond acceptors (Lipinski definition) is 5. The number of aliphatic hydroxyl groups excluding tert-OH is 1. The first-order valence-corrected chi connectivity index (χ1v) is 9.36. The average Bonchev–Trinajstić information content (AvgIpc) is 2.59. The van der Waals surface area contributed by atoms with E-state index in [9.17, 15) is 9.90 Å². The van der Waals surface area contributed by atoms with Crippen LogP contribution < -0.4 is 10.6 Å². The minimum atomic E-state index is -0.717. The molecule has 3 N–H and O–H groups in total. The number of alkyl carbamates (subject to hydrolysis) is 1. The second-order valence-electron chi connectivity index (χ2n) is 7.80. The molecule has 2 atom stereocenters. The first-order valence-electron chi connectivity index (χ1n) is 9.36. The van der Waals surface area contributed by atoms with Crippen molar-refractivity contribution in [2.75, 3.05) is 19.8 Å². The maximum Gasteiger partial charge on any atom is 0.407 e. The van der Waals surface area contributed by atoms with Gasteiger partial charge in [-0.25, -0.2) is 4.79 Å². The van der Waals surface area contributed by atoms with Crippen LogP contribution in [-0.4, -0.2) is 54.7 Å².